The molecule has 0 saturated heterocycles. The van der Waals surface area contributed by atoms with Gasteiger partial charge in [0.15, 0.2) is 11.5 Å². The van der Waals surface area contributed by atoms with Crippen molar-refractivity contribution in [2.45, 2.75) is 23.6 Å². The molecule has 0 fully saturated rings. The summed E-state index contributed by atoms with van der Waals surface area (Å²) < 4.78 is 75.5. The predicted molar refractivity (Wildman–Crippen MR) is 112 cm³/mol. The van der Waals surface area contributed by atoms with Gasteiger partial charge in [0.25, 0.3) is 15.9 Å². The molecular weight excluding hydrogens is 477 g/mol. The number of methoxy groups -OCH3 is 2. The summed E-state index contributed by atoms with van der Waals surface area (Å²) in [5, 5.41) is 11.1. The van der Waals surface area contributed by atoms with Crippen LogP contribution in [0.2, 0.25) is 5.02 Å². The van der Waals surface area contributed by atoms with Crippen molar-refractivity contribution in [2.24, 2.45) is 0 Å². The first kappa shape index (κ1) is 25.6. The quantitative estimate of drug-likeness (QED) is 0.608. The predicted octanol–water partition coefficient (Wildman–Crippen LogP) is 3.43. The molecule has 0 spiro atoms. The molecule has 0 bridgehead atoms. The summed E-state index contributed by atoms with van der Waals surface area (Å²) in [5.41, 5.74) is -3.84. The Bertz CT molecular complexity index is 1120. The Kier molecular flexibility index (Phi) is 7.22. The highest BCUT2D eigenvalue weighted by Crippen LogP contribution is 2.35. The molecular formula is C19H20ClF3N2O6S. The van der Waals surface area contributed by atoms with Crippen molar-refractivity contribution in [3.63, 3.8) is 0 Å². The molecule has 2 aromatic rings. The second-order valence-electron chi connectivity index (χ2n) is 6.68. The fourth-order valence-corrected chi connectivity index (χ4v) is 3.87. The molecule has 1 atom stereocenters. The maximum Gasteiger partial charge on any atom is 0.426 e. The van der Waals surface area contributed by atoms with Gasteiger partial charge in [-0.25, -0.2) is 8.42 Å². The average Bonchev–Trinajstić information content (AvgIpc) is 2.72. The van der Waals surface area contributed by atoms with E-state index in [1.165, 1.54) is 45.5 Å². The van der Waals surface area contributed by atoms with Gasteiger partial charge in [-0.2, -0.15) is 13.2 Å². The van der Waals surface area contributed by atoms with E-state index in [-0.39, 0.29) is 27.0 Å². The third-order valence-electron chi connectivity index (χ3n) is 4.57. The van der Waals surface area contributed by atoms with Gasteiger partial charge in [0.2, 0.25) is 5.60 Å². The molecule has 0 heterocycles. The van der Waals surface area contributed by atoms with Crippen LogP contribution in [-0.4, -0.2) is 52.5 Å². The van der Waals surface area contributed by atoms with Gasteiger partial charge in [-0.3, -0.25) is 9.10 Å². The van der Waals surface area contributed by atoms with Gasteiger partial charge in [0.05, 0.1) is 35.5 Å². The summed E-state index contributed by atoms with van der Waals surface area (Å²) in [5.74, 6) is -1.23. The van der Waals surface area contributed by atoms with Gasteiger partial charge in [0, 0.05) is 13.1 Å². The van der Waals surface area contributed by atoms with Crippen LogP contribution in [0.25, 0.3) is 0 Å². The normalized spacial score (nSPS) is 13.8. The third-order valence-corrected chi connectivity index (χ3v) is 6.67. The molecule has 0 aliphatic rings. The van der Waals surface area contributed by atoms with Crippen molar-refractivity contribution >= 4 is 38.9 Å². The van der Waals surface area contributed by atoms with E-state index in [0.29, 0.717) is 12.7 Å². The highest BCUT2D eigenvalue weighted by molar-refractivity contribution is 7.92. The molecule has 13 heteroatoms. The standard InChI is InChI=1S/C19H20ClF3N2O6S/c1-18(27,19(21,22)23)17(26)24-14-7-5-11(9-13(14)20)25(2)32(28,29)12-6-8-15(30-3)16(10-12)31-4/h5-10,27H,1-4H3,(H,24,26). The van der Waals surface area contributed by atoms with E-state index in [1.807, 2.05) is 5.32 Å². The number of carbonyl (C=O) groups is 1. The number of aliphatic hydroxyl groups is 1. The summed E-state index contributed by atoms with van der Waals surface area (Å²) in [6.07, 6.45) is -5.21. The molecule has 1 amide bonds. The Morgan fingerprint density at radius 2 is 1.69 bits per heavy atom. The lowest BCUT2D eigenvalue weighted by Crippen LogP contribution is -2.52. The summed E-state index contributed by atoms with van der Waals surface area (Å²) in [7, 11) is -0.0959. The van der Waals surface area contributed by atoms with Crippen LogP contribution in [0.3, 0.4) is 0 Å². The Hall–Kier alpha value is -2.70. The maximum atomic E-state index is 13.0. The van der Waals surface area contributed by atoms with Gasteiger partial charge in [-0.15, -0.1) is 0 Å². The van der Waals surface area contributed by atoms with Crippen LogP contribution in [0.15, 0.2) is 41.3 Å². The number of sulfonamides is 1. The van der Waals surface area contributed by atoms with E-state index in [9.17, 15) is 31.5 Å². The number of nitrogens with zero attached hydrogens (tertiary/aromatic N) is 1. The zero-order chi connectivity index (χ0) is 24.5. The molecule has 2 N–H and O–H groups in total. The summed E-state index contributed by atoms with van der Waals surface area (Å²) in [6.45, 7) is 0.300. The minimum absolute atomic E-state index is 0.0605. The SMILES string of the molecule is COc1ccc(S(=O)(=O)N(C)c2ccc(NC(=O)C(C)(O)C(F)(F)F)c(Cl)c2)cc1OC. The van der Waals surface area contributed by atoms with Crippen LogP contribution < -0.4 is 19.1 Å². The van der Waals surface area contributed by atoms with E-state index in [4.69, 9.17) is 21.1 Å². The minimum atomic E-state index is -5.21. The smallest absolute Gasteiger partial charge is 0.426 e. The summed E-state index contributed by atoms with van der Waals surface area (Å²) in [6, 6.07) is 7.46. The average molecular weight is 497 g/mol. The van der Waals surface area contributed by atoms with Crippen molar-refractivity contribution in [2.75, 3.05) is 30.9 Å². The van der Waals surface area contributed by atoms with Crippen molar-refractivity contribution in [1.29, 1.82) is 0 Å². The molecule has 8 nitrogen and oxygen atoms in total. The van der Waals surface area contributed by atoms with Gasteiger partial charge in [0.1, 0.15) is 0 Å². The molecule has 0 radical (unpaired) electrons. The van der Waals surface area contributed by atoms with Crippen molar-refractivity contribution < 1.29 is 41.0 Å². The Morgan fingerprint density at radius 3 is 2.19 bits per heavy atom. The number of benzene rings is 2. The number of amides is 1. The number of carbonyl (C=O) groups excluding carboxylic acids is 1. The number of hydrogen-bond donors (Lipinski definition) is 2. The summed E-state index contributed by atoms with van der Waals surface area (Å²) in [4.78, 5) is 11.7. The van der Waals surface area contributed by atoms with E-state index < -0.39 is 27.7 Å². The van der Waals surface area contributed by atoms with E-state index in [0.717, 1.165) is 16.4 Å². The third kappa shape index (κ3) is 4.87. The molecule has 32 heavy (non-hydrogen) atoms. The molecule has 2 rings (SSSR count). The van der Waals surface area contributed by atoms with Crippen LogP contribution in [0.1, 0.15) is 6.92 Å². The van der Waals surface area contributed by atoms with Crippen LogP contribution in [0.5, 0.6) is 11.5 Å². The highest BCUT2D eigenvalue weighted by Gasteiger charge is 2.55. The van der Waals surface area contributed by atoms with Crippen LogP contribution in [0.4, 0.5) is 24.5 Å². The van der Waals surface area contributed by atoms with Crippen molar-refractivity contribution in [3.05, 3.63) is 41.4 Å². The lowest BCUT2D eigenvalue weighted by Gasteiger charge is -2.25. The molecule has 2 aromatic carbocycles. The highest BCUT2D eigenvalue weighted by atomic mass is 35.5. The second-order valence-corrected chi connectivity index (χ2v) is 9.05. The van der Waals surface area contributed by atoms with Gasteiger partial charge >= 0.3 is 6.18 Å². The van der Waals surface area contributed by atoms with Crippen LogP contribution in [-0.2, 0) is 14.8 Å². The monoisotopic (exact) mass is 496 g/mol. The van der Waals surface area contributed by atoms with Crippen LogP contribution >= 0.6 is 11.6 Å². The van der Waals surface area contributed by atoms with E-state index in [1.54, 1.807) is 0 Å². The minimum Gasteiger partial charge on any atom is -0.493 e. The molecule has 0 aliphatic heterocycles. The number of hydrogen-bond acceptors (Lipinski definition) is 6. The number of halogens is 4. The Balaban J connectivity index is 2.33. The molecule has 0 saturated carbocycles. The zero-order valence-electron chi connectivity index (χ0n) is 17.3. The molecule has 0 aromatic heterocycles. The first-order chi connectivity index (χ1) is 14.7. The number of alkyl halides is 3. The van der Waals surface area contributed by atoms with Gasteiger partial charge in [-0.05, 0) is 37.3 Å². The second kappa shape index (κ2) is 9.04. The largest absolute Gasteiger partial charge is 0.493 e. The summed E-state index contributed by atoms with van der Waals surface area (Å²) >= 11 is 6.03. The van der Waals surface area contributed by atoms with Crippen LogP contribution in [0, 0.1) is 0 Å². The number of nitrogens with one attached hydrogen (secondary N) is 1. The van der Waals surface area contributed by atoms with Gasteiger partial charge in [-0.1, -0.05) is 11.6 Å². The lowest BCUT2D eigenvalue weighted by atomic mass is 10.1. The number of rotatable bonds is 7. The Labute approximate surface area is 187 Å². The lowest BCUT2D eigenvalue weighted by molar-refractivity contribution is -0.242. The Morgan fingerprint density at radius 1 is 1.09 bits per heavy atom. The first-order valence-corrected chi connectivity index (χ1v) is 10.6. The maximum absolute atomic E-state index is 13.0. The molecule has 0 aliphatic carbocycles. The molecule has 176 valence electrons. The number of anilines is 2. The zero-order valence-corrected chi connectivity index (χ0v) is 18.9. The number of ether oxygens (including phenoxy) is 2. The van der Waals surface area contributed by atoms with E-state index in [2.05, 4.69) is 0 Å². The van der Waals surface area contributed by atoms with Crippen molar-refractivity contribution in [3.8, 4) is 11.5 Å². The van der Waals surface area contributed by atoms with E-state index >= 15 is 0 Å². The fraction of sp³-hybridized carbons (Fsp3) is 0.316. The first-order valence-electron chi connectivity index (χ1n) is 8.78. The molecule has 1 unspecified atom stereocenters. The van der Waals surface area contributed by atoms with Gasteiger partial charge < -0.3 is 19.9 Å². The fourth-order valence-electron chi connectivity index (χ4n) is 2.45. The van der Waals surface area contributed by atoms with Crippen molar-refractivity contribution in [1.82, 2.24) is 0 Å². The topological polar surface area (TPSA) is 105 Å².